The summed E-state index contributed by atoms with van der Waals surface area (Å²) >= 11 is 0. The van der Waals surface area contributed by atoms with E-state index < -0.39 is 16.1 Å². The first kappa shape index (κ1) is 21.8. The monoisotopic (exact) mass is 431 g/mol. The third-order valence-electron chi connectivity index (χ3n) is 4.65. The Morgan fingerprint density at radius 3 is 2.23 bits per heavy atom. The Labute approximate surface area is 176 Å². The molecule has 160 valence electrons. The molecule has 1 aliphatic carbocycles. The minimum atomic E-state index is -3.46. The van der Waals surface area contributed by atoms with Gasteiger partial charge in [0.1, 0.15) is 0 Å². The Kier molecular flexibility index (Phi) is 7.07. The van der Waals surface area contributed by atoms with Crippen LogP contribution in [0.25, 0.3) is 0 Å². The number of methoxy groups -OCH3 is 1. The average molecular weight is 432 g/mol. The van der Waals surface area contributed by atoms with Crippen molar-refractivity contribution < 1.29 is 22.7 Å². The van der Waals surface area contributed by atoms with Gasteiger partial charge < -0.3 is 10.1 Å². The van der Waals surface area contributed by atoms with Crippen LogP contribution in [0.2, 0.25) is 0 Å². The third-order valence-corrected chi connectivity index (χ3v) is 6.19. The lowest BCUT2D eigenvalue weighted by molar-refractivity contribution is -0.121. The molecule has 0 saturated heterocycles. The fourth-order valence-corrected chi connectivity index (χ4v) is 4.05. The molecule has 2 aromatic rings. The molecule has 3 N–H and O–H groups in total. The van der Waals surface area contributed by atoms with Crippen LogP contribution in [0.15, 0.2) is 53.4 Å². The normalized spacial score (nSPS) is 13.5. The van der Waals surface area contributed by atoms with Crippen molar-refractivity contribution in [2.45, 2.75) is 43.2 Å². The van der Waals surface area contributed by atoms with E-state index in [-0.39, 0.29) is 16.8 Å². The molecule has 0 bridgehead atoms. The molecule has 0 heterocycles. The number of aryl methyl sites for hydroxylation is 1. The minimum absolute atomic E-state index is 0.0682. The van der Waals surface area contributed by atoms with Crippen LogP contribution in [0.5, 0.6) is 0 Å². The van der Waals surface area contributed by atoms with E-state index in [9.17, 15) is 18.0 Å². The van der Waals surface area contributed by atoms with Gasteiger partial charge in [0.15, 0.2) is 0 Å². The third kappa shape index (κ3) is 6.57. The summed E-state index contributed by atoms with van der Waals surface area (Å²) < 4.78 is 31.5. The predicted octanol–water partition coefficient (Wildman–Crippen LogP) is 2.55. The zero-order valence-electron chi connectivity index (χ0n) is 16.7. The van der Waals surface area contributed by atoms with Crippen molar-refractivity contribution in [3.05, 3.63) is 59.7 Å². The van der Waals surface area contributed by atoms with Gasteiger partial charge >= 0.3 is 6.09 Å². The van der Waals surface area contributed by atoms with Crippen LogP contribution in [0.3, 0.4) is 0 Å². The van der Waals surface area contributed by atoms with Gasteiger partial charge in [0.25, 0.3) is 0 Å². The average Bonchev–Trinajstić information content (AvgIpc) is 3.55. The molecule has 8 nitrogen and oxygen atoms in total. The number of carbonyl (C=O) groups is 2. The first-order valence-electron chi connectivity index (χ1n) is 9.67. The van der Waals surface area contributed by atoms with Gasteiger partial charge in [-0.3, -0.25) is 10.1 Å². The highest BCUT2D eigenvalue weighted by atomic mass is 32.2. The zero-order chi connectivity index (χ0) is 21.6. The quantitative estimate of drug-likeness (QED) is 0.565. The molecular formula is C21H25N3O5S. The summed E-state index contributed by atoms with van der Waals surface area (Å²) in [4.78, 5) is 23.5. The van der Waals surface area contributed by atoms with Crippen LogP contribution in [-0.4, -0.2) is 33.6 Å². The van der Waals surface area contributed by atoms with Gasteiger partial charge in [-0.1, -0.05) is 24.3 Å². The number of anilines is 1. The van der Waals surface area contributed by atoms with Gasteiger partial charge in [0, 0.05) is 24.7 Å². The van der Waals surface area contributed by atoms with Crippen molar-refractivity contribution in [1.29, 1.82) is 0 Å². The summed E-state index contributed by atoms with van der Waals surface area (Å²) in [6.07, 6.45) is 2.06. The van der Waals surface area contributed by atoms with Crippen LogP contribution >= 0.6 is 0 Å². The molecule has 0 radical (unpaired) electrons. The van der Waals surface area contributed by atoms with Crippen LogP contribution in [0.1, 0.15) is 30.4 Å². The number of nitrogens with one attached hydrogen (secondary N) is 3. The molecule has 1 aliphatic rings. The molecule has 0 unspecified atom stereocenters. The summed E-state index contributed by atoms with van der Waals surface area (Å²) in [7, 11) is -2.16. The Morgan fingerprint density at radius 2 is 1.63 bits per heavy atom. The van der Waals surface area contributed by atoms with E-state index in [1.54, 1.807) is 48.5 Å². The lowest BCUT2D eigenvalue weighted by atomic mass is 10.1. The van der Waals surface area contributed by atoms with E-state index in [4.69, 9.17) is 0 Å². The van der Waals surface area contributed by atoms with Gasteiger partial charge in [-0.2, -0.15) is 0 Å². The summed E-state index contributed by atoms with van der Waals surface area (Å²) in [6.45, 7) is 0.376. The fourth-order valence-electron chi connectivity index (χ4n) is 2.75. The number of benzene rings is 2. The van der Waals surface area contributed by atoms with Gasteiger partial charge in [-0.15, -0.1) is 0 Å². The standard InChI is InChI=1S/C21H25N3O5S/c1-29-21(26)23-17-7-2-16(3-8-17)14-22-20(25)13-6-15-4-11-19(12-5-15)30(27,28)24-18-9-10-18/h2-5,7-8,11-12,18,24H,6,9-10,13-14H2,1H3,(H,22,25)(H,23,26). The maximum absolute atomic E-state index is 12.2. The molecule has 9 heteroatoms. The first-order chi connectivity index (χ1) is 14.4. The van der Waals surface area contributed by atoms with Gasteiger partial charge in [-0.05, 0) is 54.7 Å². The maximum Gasteiger partial charge on any atom is 0.411 e. The molecule has 1 fully saturated rings. The van der Waals surface area contributed by atoms with E-state index in [0.29, 0.717) is 25.1 Å². The Balaban J connectivity index is 1.42. The Hall–Kier alpha value is -2.91. The Morgan fingerprint density at radius 1 is 1.00 bits per heavy atom. The van der Waals surface area contributed by atoms with Crippen molar-refractivity contribution in [3.8, 4) is 0 Å². The number of sulfonamides is 1. The van der Waals surface area contributed by atoms with Crippen molar-refractivity contribution in [3.63, 3.8) is 0 Å². The number of carbonyl (C=O) groups excluding carboxylic acids is 2. The van der Waals surface area contributed by atoms with E-state index in [1.165, 1.54) is 7.11 Å². The summed E-state index contributed by atoms with van der Waals surface area (Å²) in [5.41, 5.74) is 2.40. The first-order valence-corrected chi connectivity index (χ1v) is 11.2. The second-order valence-electron chi connectivity index (χ2n) is 7.13. The maximum atomic E-state index is 12.2. The van der Waals surface area contributed by atoms with Crippen molar-refractivity contribution in [2.24, 2.45) is 0 Å². The van der Waals surface area contributed by atoms with E-state index in [1.807, 2.05) is 0 Å². The second kappa shape index (κ2) is 9.73. The number of hydrogen-bond donors (Lipinski definition) is 3. The molecule has 1 saturated carbocycles. The van der Waals surface area contributed by atoms with Crippen molar-refractivity contribution in [2.75, 3.05) is 12.4 Å². The number of ether oxygens (including phenoxy) is 1. The molecule has 0 atom stereocenters. The number of rotatable bonds is 9. The lowest BCUT2D eigenvalue weighted by Gasteiger charge is -2.08. The summed E-state index contributed by atoms with van der Waals surface area (Å²) in [5.74, 6) is -0.0983. The minimum Gasteiger partial charge on any atom is -0.453 e. The summed E-state index contributed by atoms with van der Waals surface area (Å²) in [5, 5.41) is 5.41. The number of hydrogen-bond acceptors (Lipinski definition) is 5. The van der Waals surface area contributed by atoms with Crippen LogP contribution in [0.4, 0.5) is 10.5 Å². The fraction of sp³-hybridized carbons (Fsp3) is 0.333. The van der Waals surface area contributed by atoms with E-state index in [2.05, 4.69) is 20.1 Å². The largest absolute Gasteiger partial charge is 0.453 e. The molecule has 2 aromatic carbocycles. The van der Waals surface area contributed by atoms with Gasteiger partial charge in [0.05, 0.1) is 12.0 Å². The zero-order valence-corrected chi connectivity index (χ0v) is 17.5. The molecule has 2 amide bonds. The topological polar surface area (TPSA) is 114 Å². The Bertz CT molecular complexity index is 984. The number of amides is 2. The molecule has 30 heavy (non-hydrogen) atoms. The van der Waals surface area contributed by atoms with Gasteiger partial charge in [-0.25, -0.2) is 17.9 Å². The van der Waals surface area contributed by atoms with Crippen LogP contribution in [0, 0.1) is 0 Å². The highest BCUT2D eigenvalue weighted by molar-refractivity contribution is 7.89. The smallest absolute Gasteiger partial charge is 0.411 e. The predicted molar refractivity (Wildman–Crippen MR) is 112 cm³/mol. The van der Waals surface area contributed by atoms with Crippen LogP contribution in [-0.2, 0) is 32.5 Å². The van der Waals surface area contributed by atoms with Gasteiger partial charge in [0.2, 0.25) is 15.9 Å². The molecule has 0 aromatic heterocycles. The van der Waals surface area contributed by atoms with Crippen LogP contribution < -0.4 is 15.4 Å². The molecular weight excluding hydrogens is 406 g/mol. The molecule has 0 spiro atoms. The van der Waals surface area contributed by atoms with Crippen molar-refractivity contribution in [1.82, 2.24) is 10.0 Å². The second-order valence-corrected chi connectivity index (χ2v) is 8.84. The van der Waals surface area contributed by atoms with E-state index >= 15 is 0 Å². The lowest BCUT2D eigenvalue weighted by Crippen LogP contribution is -2.25. The highest BCUT2D eigenvalue weighted by Gasteiger charge is 2.27. The molecule has 3 rings (SSSR count). The van der Waals surface area contributed by atoms with E-state index in [0.717, 1.165) is 24.0 Å². The highest BCUT2D eigenvalue weighted by Crippen LogP contribution is 2.22. The summed E-state index contributed by atoms with van der Waals surface area (Å²) in [6, 6.07) is 13.8. The van der Waals surface area contributed by atoms with Crippen molar-refractivity contribution >= 4 is 27.7 Å². The SMILES string of the molecule is COC(=O)Nc1ccc(CNC(=O)CCc2ccc(S(=O)(=O)NC3CC3)cc2)cc1. The molecule has 0 aliphatic heterocycles.